The van der Waals surface area contributed by atoms with Crippen molar-refractivity contribution in [2.45, 2.75) is 17.1 Å². The molecule has 33 heavy (non-hydrogen) atoms. The van der Waals surface area contributed by atoms with Gasteiger partial charge in [0.25, 0.3) is 11.5 Å². The summed E-state index contributed by atoms with van der Waals surface area (Å²) in [7, 11) is 0. The molecule has 2 N–H and O–H groups in total. The largest absolute Gasteiger partial charge is 0.455 e. The van der Waals surface area contributed by atoms with Gasteiger partial charge in [0, 0.05) is 16.0 Å². The summed E-state index contributed by atoms with van der Waals surface area (Å²) in [5.41, 5.74) is 1.90. The van der Waals surface area contributed by atoms with Gasteiger partial charge < -0.3 is 10.1 Å². The van der Waals surface area contributed by atoms with Gasteiger partial charge in [-0.3, -0.25) is 14.4 Å². The number of esters is 1. The van der Waals surface area contributed by atoms with Crippen LogP contribution in [0.4, 0.5) is 5.69 Å². The number of nitrogens with zero attached hydrogens (tertiary/aromatic N) is 1. The van der Waals surface area contributed by atoms with E-state index in [1.165, 1.54) is 5.56 Å². The number of anilines is 1. The highest BCUT2D eigenvalue weighted by Crippen LogP contribution is 2.29. The van der Waals surface area contributed by atoms with Gasteiger partial charge in [0.2, 0.25) is 0 Å². The molecule has 0 aliphatic rings. The van der Waals surface area contributed by atoms with Crippen LogP contribution in [0.3, 0.4) is 0 Å². The number of thioether (sulfide) groups is 1. The molecule has 0 atom stereocenters. The Kier molecular flexibility index (Phi) is 7.16. The van der Waals surface area contributed by atoms with Crippen LogP contribution in [-0.4, -0.2) is 28.7 Å². The van der Waals surface area contributed by atoms with Gasteiger partial charge >= 0.3 is 5.97 Å². The van der Waals surface area contributed by atoms with E-state index in [4.69, 9.17) is 4.74 Å². The Labute approximate surface area is 194 Å². The molecule has 0 aliphatic heterocycles. The van der Waals surface area contributed by atoms with Crippen LogP contribution in [0.2, 0.25) is 0 Å². The number of para-hydroxylation sites is 1. The summed E-state index contributed by atoms with van der Waals surface area (Å²) in [5.74, 6) is -0.278. The smallest absolute Gasteiger partial charge is 0.312 e. The van der Waals surface area contributed by atoms with Crippen LogP contribution >= 0.6 is 11.8 Å². The van der Waals surface area contributed by atoms with E-state index in [0.717, 1.165) is 10.6 Å². The summed E-state index contributed by atoms with van der Waals surface area (Å²) in [5, 5.41) is 10.2. The predicted octanol–water partition coefficient (Wildman–Crippen LogP) is 3.94. The highest BCUT2D eigenvalue weighted by molar-refractivity contribution is 7.98. The van der Waals surface area contributed by atoms with E-state index in [-0.39, 0.29) is 12.0 Å². The Morgan fingerprint density at radius 2 is 1.61 bits per heavy atom. The van der Waals surface area contributed by atoms with Gasteiger partial charge in [-0.2, -0.15) is 5.10 Å². The Balaban J connectivity index is 1.33. The van der Waals surface area contributed by atoms with Crippen molar-refractivity contribution < 1.29 is 14.3 Å². The summed E-state index contributed by atoms with van der Waals surface area (Å²) < 4.78 is 5.14. The van der Waals surface area contributed by atoms with E-state index in [1.54, 1.807) is 36.0 Å². The summed E-state index contributed by atoms with van der Waals surface area (Å²) in [6, 6.07) is 24.4. The average Bonchev–Trinajstić information content (AvgIpc) is 2.85. The minimum atomic E-state index is -0.610. The molecule has 0 saturated carbocycles. The molecule has 166 valence electrons. The second kappa shape index (κ2) is 10.6. The summed E-state index contributed by atoms with van der Waals surface area (Å²) in [4.78, 5) is 37.5. The molecular weight excluding hydrogens is 438 g/mol. The minimum absolute atomic E-state index is 0.159. The molecule has 1 aromatic heterocycles. The van der Waals surface area contributed by atoms with Crippen molar-refractivity contribution in [2.24, 2.45) is 0 Å². The van der Waals surface area contributed by atoms with Crippen molar-refractivity contribution in [3.05, 3.63) is 100 Å². The average molecular weight is 460 g/mol. The molecule has 0 aliphatic carbocycles. The topological polar surface area (TPSA) is 101 Å². The zero-order valence-electron chi connectivity index (χ0n) is 17.6. The molecule has 1 heterocycles. The zero-order chi connectivity index (χ0) is 23.0. The van der Waals surface area contributed by atoms with E-state index in [9.17, 15) is 14.4 Å². The maximum Gasteiger partial charge on any atom is 0.312 e. The number of rotatable bonds is 8. The van der Waals surface area contributed by atoms with Crippen molar-refractivity contribution >= 4 is 40.1 Å². The van der Waals surface area contributed by atoms with Crippen LogP contribution in [0, 0.1) is 0 Å². The maximum absolute atomic E-state index is 12.4. The third-order valence-corrected chi connectivity index (χ3v) is 5.99. The number of fused-ring (bicyclic) bond motifs is 1. The zero-order valence-corrected chi connectivity index (χ0v) is 18.4. The van der Waals surface area contributed by atoms with E-state index in [2.05, 4.69) is 15.5 Å². The van der Waals surface area contributed by atoms with Gasteiger partial charge in [0.15, 0.2) is 6.61 Å². The van der Waals surface area contributed by atoms with Gasteiger partial charge in [-0.25, -0.2) is 5.10 Å². The molecular formula is C25H21N3O4S. The molecule has 7 nitrogen and oxygen atoms in total. The number of nitrogens with one attached hydrogen (secondary N) is 2. The van der Waals surface area contributed by atoms with E-state index < -0.39 is 18.5 Å². The molecule has 0 bridgehead atoms. The fraction of sp³-hybridized carbons (Fsp3) is 0.120. The number of H-pyrrole nitrogens is 1. The molecule has 4 rings (SSSR count). The second-order valence-electron chi connectivity index (χ2n) is 7.20. The number of amides is 1. The molecule has 0 spiro atoms. The van der Waals surface area contributed by atoms with Crippen LogP contribution in [0.25, 0.3) is 10.8 Å². The predicted molar refractivity (Wildman–Crippen MR) is 128 cm³/mol. The normalized spacial score (nSPS) is 10.7. The van der Waals surface area contributed by atoms with Crippen LogP contribution in [0.15, 0.2) is 88.6 Å². The lowest BCUT2D eigenvalue weighted by atomic mass is 10.1. The van der Waals surface area contributed by atoms with Gasteiger partial charge in [0.1, 0.15) is 0 Å². The molecule has 0 saturated heterocycles. The van der Waals surface area contributed by atoms with Gasteiger partial charge in [-0.05, 0) is 23.8 Å². The summed E-state index contributed by atoms with van der Waals surface area (Å²) in [6.45, 7) is -0.419. The molecule has 0 radical (unpaired) electrons. The highest BCUT2D eigenvalue weighted by Gasteiger charge is 2.14. The number of carbonyl (C=O) groups excluding carboxylic acids is 2. The lowest BCUT2D eigenvalue weighted by molar-refractivity contribution is -0.146. The molecule has 8 heteroatoms. The van der Waals surface area contributed by atoms with Gasteiger partial charge in [-0.15, -0.1) is 11.8 Å². The van der Waals surface area contributed by atoms with Gasteiger partial charge in [-0.1, -0.05) is 60.7 Å². The van der Waals surface area contributed by atoms with Crippen LogP contribution in [0.5, 0.6) is 0 Å². The number of hydrogen-bond acceptors (Lipinski definition) is 6. The molecule has 3 aromatic carbocycles. The van der Waals surface area contributed by atoms with Gasteiger partial charge in [0.05, 0.1) is 23.2 Å². The fourth-order valence-corrected chi connectivity index (χ4v) is 4.22. The Hall–Kier alpha value is -3.91. The number of aromatic amines is 1. The van der Waals surface area contributed by atoms with E-state index >= 15 is 0 Å². The number of aromatic nitrogens is 2. The number of carbonyl (C=O) groups is 2. The van der Waals surface area contributed by atoms with Crippen LogP contribution in [0.1, 0.15) is 11.3 Å². The first-order chi connectivity index (χ1) is 16.1. The summed E-state index contributed by atoms with van der Waals surface area (Å²) in [6.07, 6.45) is -0.159. The third kappa shape index (κ3) is 5.87. The maximum atomic E-state index is 12.4. The first-order valence-corrected chi connectivity index (χ1v) is 11.3. The number of ether oxygens (including phenoxy) is 1. The van der Waals surface area contributed by atoms with Crippen molar-refractivity contribution in [1.82, 2.24) is 10.2 Å². The van der Waals surface area contributed by atoms with E-state index in [1.807, 2.05) is 54.6 Å². The quantitative estimate of drug-likeness (QED) is 0.306. The van der Waals surface area contributed by atoms with Crippen molar-refractivity contribution in [3.63, 3.8) is 0 Å². The lowest BCUT2D eigenvalue weighted by Crippen LogP contribution is -2.22. The monoisotopic (exact) mass is 459 g/mol. The number of hydrogen-bond donors (Lipinski definition) is 2. The molecule has 4 aromatic rings. The third-order valence-electron chi connectivity index (χ3n) is 4.85. The van der Waals surface area contributed by atoms with Crippen LogP contribution < -0.4 is 10.9 Å². The Morgan fingerprint density at radius 3 is 2.42 bits per heavy atom. The standard InChI is InChI=1S/C25H21N3O4S/c29-23(26-20-12-6-7-13-22(20)33-16-17-8-2-1-3-9-17)15-32-24(30)14-21-18-10-4-5-11-19(18)25(31)28-27-21/h1-13H,14-16H2,(H,26,29)(H,28,31). The van der Waals surface area contributed by atoms with Crippen molar-refractivity contribution in [1.29, 1.82) is 0 Å². The lowest BCUT2D eigenvalue weighted by Gasteiger charge is -2.11. The Bertz CT molecular complexity index is 1340. The highest BCUT2D eigenvalue weighted by atomic mass is 32.2. The molecule has 1 amide bonds. The summed E-state index contributed by atoms with van der Waals surface area (Å²) >= 11 is 1.61. The SMILES string of the molecule is O=C(COC(=O)Cc1n[nH]c(=O)c2ccccc12)Nc1ccccc1SCc1ccccc1. The van der Waals surface area contributed by atoms with E-state index in [0.29, 0.717) is 22.2 Å². The first kappa shape index (κ1) is 22.3. The molecule has 0 unspecified atom stereocenters. The van der Waals surface area contributed by atoms with Crippen molar-refractivity contribution in [3.8, 4) is 0 Å². The molecule has 0 fully saturated rings. The fourth-order valence-electron chi connectivity index (χ4n) is 3.26. The second-order valence-corrected chi connectivity index (χ2v) is 8.22. The minimum Gasteiger partial charge on any atom is -0.455 e. The Morgan fingerprint density at radius 1 is 0.909 bits per heavy atom. The van der Waals surface area contributed by atoms with Crippen molar-refractivity contribution in [2.75, 3.05) is 11.9 Å². The number of benzene rings is 3. The van der Waals surface area contributed by atoms with Crippen LogP contribution in [-0.2, 0) is 26.5 Å². The first-order valence-electron chi connectivity index (χ1n) is 10.3.